The van der Waals surface area contributed by atoms with Crippen LogP contribution in [0.25, 0.3) is 0 Å². The van der Waals surface area contributed by atoms with Crippen molar-refractivity contribution in [2.75, 3.05) is 19.8 Å². The maximum absolute atomic E-state index is 12.6. The van der Waals surface area contributed by atoms with Crippen molar-refractivity contribution < 1.29 is 28.4 Å². The van der Waals surface area contributed by atoms with Gasteiger partial charge in [-0.05, 0) is 44.9 Å². The van der Waals surface area contributed by atoms with Gasteiger partial charge in [-0.2, -0.15) is 0 Å². The van der Waals surface area contributed by atoms with Gasteiger partial charge in [0.05, 0.1) is 25.4 Å². The largest absolute Gasteiger partial charge is 0.472 e. The number of aliphatic hydroxyl groups is 1. The topological polar surface area (TPSA) is 131 Å². The lowest BCUT2D eigenvalue weighted by atomic mass is 10.1. The van der Waals surface area contributed by atoms with Gasteiger partial charge in [0.15, 0.2) is 0 Å². The number of unbranched alkanes of at least 4 members (excludes halogenated alkanes) is 9. The summed E-state index contributed by atoms with van der Waals surface area (Å²) in [5.41, 5.74) is 5.33. The number of hydrogen-bond donors (Lipinski definition) is 4. The van der Waals surface area contributed by atoms with Gasteiger partial charge >= 0.3 is 7.82 Å². The molecule has 0 fully saturated rings. The van der Waals surface area contributed by atoms with Crippen LogP contribution in [0.15, 0.2) is 72.9 Å². The number of aliphatic hydroxyl groups excluding tert-OH is 1. The van der Waals surface area contributed by atoms with Crippen LogP contribution in [0.3, 0.4) is 0 Å². The van der Waals surface area contributed by atoms with Gasteiger partial charge in [0.25, 0.3) is 0 Å². The number of carbonyl (C=O) groups excluding carboxylic acids is 1. The summed E-state index contributed by atoms with van der Waals surface area (Å²) in [6, 6.07) is -0.915. The van der Waals surface area contributed by atoms with Crippen LogP contribution in [0, 0.1) is 0 Å². The van der Waals surface area contributed by atoms with E-state index in [1.807, 2.05) is 18.2 Å². The molecule has 0 rings (SSSR count). The molecule has 0 spiro atoms. The van der Waals surface area contributed by atoms with Crippen molar-refractivity contribution in [3.63, 3.8) is 0 Å². The molecule has 0 bridgehead atoms. The molecule has 0 aliphatic rings. The number of rotatable bonds is 30. The van der Waals surface area contributed by atoms with Crippen LogP contribution in [0.2, 0.25) is 0 Å². The maximum Gasteiger partial charge on any atom is 0.472 e. The summed E-state index contributed by atoms with van der Waals surface area (Å²) in [6.07, 6.45) is 39.7. The number of phosphoric acid groups is 1. The van der Waals surface area contributed by atoms with Crippen LogP contribution in [-0.4, -0.2) is 47.8 Å². The fourth-order valence-corrected chi connectivity index (χ4v) is 5.01. The number of hydrogen-bond acceptors (Lipinski definition) is 6. The molecule has 0 heterocycles. The summed E-state index contributed by atoms with van der Waals surface area (Å²) in [5, 5.41) is 13.4. The van der Waals surface area contributed by atoms with E-state index in [2.05, 4.69) is 61.7 Å². The van der Waals surface area contributed by atoms with E-state index in [1.165, 1.54) is 44.9 Å². The lowest BCUT2D eigenvalue weighted by Gasteiger charge is -2.23. The van der Waals surface area contributed by atoms with Crippen molar-refractivity contribution >= 4 is 13.7 Å². The van der Waals surface area contributed by atoms with Crippen LogP contribution in [0.4, 0.5) is 0 Å². The van der Waals surface area contributed by atoms with Crippen LogP contribution < -0.4 is 11.1 Å². The minimum Gasteiger partial charge on any atom is -0.387 e. The Balaban J connectivity index is 4.58. The molecular formula is C36H63N2O6P. The summed E-state index contributed by atoms with van der Waals surface area (Å²) < 4.78 is 21.9. The van der Waals surface area contributed by atoms with Crippen molar-refractivity contribution in [1.29, 1.82) is 0 Å². The van der Waals surface area contributed by atoms with Gasteiger partial charge in [-0.15, -0.1) is 0 Å². The van der Waals surface area contributed by atoms with E-state index in [0.29, 0.717) is 6.42 Å². The molecule has 0 aromatic carbocycles. The van der Waals surface area contributed by atoms with Gasteiger partial charge in [-0.3, -0.25) is 13.8 Å². The van der Waals surface area contributed by atoms with Gasteiger partial charge in [0, 0.05) is 13.0 Å². The minimum atomic E-state index is -4.35. The van der Waals surface area contributed by atoms with Crippen LogP contribution in [0.1, 0.15) is 117 Å². The molecule has 0 radical (unpaired) electrons. The number of allylic oxidation sites excluding steroid dienone is 10. The number of phosphoric ester groups is 1. The molecular weight excluding hydrogens is 587 g/mol. The second-order valence-corrected chi connectivity index (χ2v) is 12.5. The first kappa shape index (κ1) is 42.9. The third-order valence-corrected chi connectivity index (χ3v) is 7.80. The molecule has 0 saturated heterocycles. The van der Waals surface area contributed by atoms with Gasteiger partial charge < -0.3 is 21.1 Å². The van der Waals surface area contributed by atoms with Gasteiger partial charge in [-0.25, -0.2) is 4.57 Å². The monoisotopic (exact) mass is 650 g/mol. The van der Waals surface area contributed by atoms with E-state index in [1.54, 1.807) is 12.2 Å². The standard InChI is InChI=1S/C36H63N2O6P/c1-3-5-7-9-11-13-15-16-17-18-20-22-24-26-28-30-36(40)38-34(33-44-45(41,42)43-32-31-37)35(39)29-27-25-23-21-19-14-12-10-8-6-4-2/h5,7,11,13,16-17,20,22,26-29,34-35,39H,3-4,6,8-10,12,14-15,18-19,21,23-25,30-33,37H2,1-2H3,(H,38,40)(H,41,42)/b7-5-,13-11-,17-16-,22-20-,28-26-,29-27+. The molecule has 258 valence electrons. The van der Waals surface area contributed by atoms with E-state index in [-0.39, 0.29) is 32.1 Å². The Kier molecular flexibility index (Phi) is 30.4. The molecule has 1 amide bonds. The number of nitrogens with one attached hydrogen (secondary N) is 1. The highest BCUT2D eigenvalue weighted by Crippen LogP contribution is 2.43. The molecule has 45 heavy (non-hydrogen) atoms. The van der Waals surface area contributed by atoms with Crippen molar-refractivity contribution in [3.05, 3.63) is 72.9 Å². The van der Waals surface area contributed by atoms with Gasteiger partial charge in [-0.1, -0.05) is 138 Å². The molecule has 0 aliphatic carbocycles. The molecule has 8 nitrogen and oxygen atoms in total. The second kappa shape index (κ2) is 31.9. The van der Waals surface area contributed by atoms with E-state index in [0.717, 1.165) is 44.9 Å². The highest BCUT2D eigenvalue weighted by atomic mass is 31.2. The highest BCUT2D eigenvalue weighted by molar-refractivity contribution is 7.47. The SMILES string of the molecule is CC/C=C\C/C=C\C/C=C\C/C=C\C/C=C\CC(=O)NC(COP(=O)(O)OCCN)C(O)/C=C/CCCCCCCCCCC. The summed E-state index contributed by atoms with van der Waals surface area (Å²) in [6.45, 7) is 3.88. The minimum absolute atomic E-state index is 0.0611. The number of carbonyl (C=O) groups is 1. The van der Waals surface area contributed by atoms with Gasteiger partial charge in [0.2, 0.25) is 5.91 Å². The Morgan fingerprint density at radius 2 is 1.27 bits per heavy atom. The zero-order valence-electron chi connectivity index (χ0n) is 28.1. The first-order chi connectivity index (χ1) is 21.9. The van der Waals surface area contributed by atoms with Gasteiger partial charge in [0.1, 0.15) is 0 Å². The summed E-state index contributed by atoms with van der Waals surface area (Å²) in [7, 11) is -4.35. The van der Waals surface area contributed by atoms with Crippen molar-refractivity contribution in [2.24, 2.45) is 5.73 Å². The highest BCUT2D eigenvalue weighted by Gasteiger charge is 2.26. The third kappa shape index (κ3) is 30.4. The molecule has 3 atom stereocenters. The van der Waals surface area contributed by atoms with E-state index >= 15 is 0 Å². The van der Waals surface area contributed by atoms with Crippen molar-refractivity contribution in [1.82, 2.24) is 5.32 Å². The van der Waals surface area contributed by atoms with E-state index in [9.17, 15) is 19.4 Å². The predicted octanol–water partition coefficient (Wildman–Crippen LogP) is 8.54. The molecule has 5 N–H and O–H groups in total. The summed E-state index contributed by atoms with van der Waals surface area (Å²) >= 11 is 0. The van der Waals surface area contributed by atoms with Crippen LogP contribution in [-0.2, 0) is 18.4 Å². The third-order valence-electron chi connectivity index (χ3n) is 6.82. The fourth-order valence-electron chi connectivity index (χ4n) is 4.25. The van der Waals surface area contributed by atoms with Crippen LogP contribution in [0.5, 0.6) is 0 Å². The Labute approximate surface area is 274 Å². The average Bonchev–Trinajstić information content (AvgIpc) is 3.02. The Bertz CT molecular complexity index is 929. The van der Waals surface area contributed by atoms with E-state index in [4.69, 9.17) is 14.8 Å². The Hall–Kier alpha value is -2.06. The number of amides is 1. The lowest BCUT2D eigenvalue weighted by Crippen LogP contribution is -2.45. The predicted molar refractivity (Wildman–Crippen MR) is 189 cm³/mol. The van der Waals surface area contributed by atoms with Crippen molar-refractivity contribution in [3.8, 4) is 0 Å². The lowest BCUT2D eigenvalue weighted by molar-refractivity contribution is -0.122. The molecule has 0 aliphatic heterocycles. The van der Waals surface area contributed by atoms with Crippen molar-refractivity contribution in [2.45, 2.75) is 129 Å². The van der Waals surface area contributed by atoms with Crippen LogP contribution >= 0.6 is 7.82 Å². The first-order valence-corrected chi connectivity index (χ1v) is 18.6. The molecule has 9 heteroatoms. The quantitative estimate of drug-likeness (QED) is 0.0348. The normalized spacial score (nSPS) is 15.4. The maximum atomic E-state index is 12.6. The average molecular weight is 651 g/mol. The summed E-state index contributed by atoms with van der Waals surface area (Å²) in [4.78, 5) is 22.4. The Morgan fingerprint density at radius 3 is 1.80 bits per heavy atom. The smallest absolute Gasteiger partial charge is 0.387 e. The zero-order chi connectivity index (χ0) is 33.3. The fraction of sp³-hybridized carbons (Fsp3) is 0.639. The molecule has 0 aromatic rings. The number of nitrogens with two attached hydrogens (primary N) is 1. The zero-order valence-corrected chi connectivity index (χ0v) is 29.0. The molecule has 0 saturated carbocycles. The molecule has 3 unspecified atom stereocenters. The summed E-state index contributed by atoms with van der Waals surface area (Å²) in [5.74, 6) is -0.327. The van der Waals surface area contributed by atoms with E-state index < -0.39 is 20.0 Å². The Morgan fingerprint density at radius 1 is 0.756 bits per heavy atom. The second-order valence-electron chi connectivity index (χ2n) is 11.0. The first-order valence-electron chi connectivity index (χ1n) is 17.1. The molecule has 0 aromatic heterocycles.